The third-order valence-corrected chi connectivity index (χ3v) is 4.95. The Morgan fingerprint density at radius 3 is 2.52 bits per heavy atom. The molecule has 2 amide bonds. The lowest BCUT2D eigenvalue weighted by molar-refractivity contribution is -0.135. The zero-order valence-electron chi connectivity index (χ0n) is 14.9. The van der Waals surface area contributed by atoms with Gasteiger partial charge in [0.1, 0.15) is 6.54 Å². The van der Waals surface area contributed by atoms with Crippen molar-refractivity contribution in [2.24, 2.45) is 0 Å². The number of aromatic nitrogens is 1. The van der Waals surface area contributed by atoms with Gasteiger partial charge in [-0.05, 0) is 38.6 Å². The first kappa shape index (κ1) is 19.3. The van der Waals surface area contributed by atoms with Gasteiger partial charge in [0.05, 0.1) is 12.2 Å². The first-order valence-electron chi connectivity index (χ1n) is 8.06. The van der Waals surface area contributed by atoms with Crippen molar-refractivity contribution in [1.82, 2.24) is 14.8 Å². The zero-order chi connectivity index (χ0) is 18.6. The van der Waals surface area contributed by atoms with Crippen molar-refractivity contribution >= 4 is 35.4 Å². The summed E-state index contributed by atoms with van der Waals surface area (Å²) in [6.45, 7) is 5.96. The van der Waals surface area contributed by atoms with Gasteiger partial charge in [-0.15, -0.1) is 11.3 Å². The minimum absolute atomic E-state index is 0.0360. The molecule has 2 rings (SSSR count). The number of likely N-dealkylation sites (N-methyl/N-ethyl adjacent to an activating group) is 1. The van der Waals surface area contributed by atoms with Gasteiger partial charge >= 0.3 is 0 Å². The van der Waals surface area contributed by atoms with Crippen molar-refractivity contribution in [2.45, 2.75) is 33.4 Å². The van der Waals surface area contributed by atoms with Crippen LogP contribution in [0.2, 0.25) is 0 Å². The molecule has 0 fully saturated rings. The van der Waals surface area contributed by atoms with E-state index in [9.17, 15) is 9.59 Å². The van der Waals surface area contributed by atoms with E-state index < -0.39 is 0 Å². The van der Waals surface area contributed by atoms with Crippen molar-refractivity contribution in [2.75, 3.05) is 13.6 Å². The molecular formula is C18H23N3O2S2. The van der Waals surface area contributed by atoms with Crippen LogP contribution in [0.3, 0.4) is 0 Å². The van der Waals surface area contributed by atoms with E-state index in [2.05, 4.69) is 5.32 Å². The predicted molar refractivity (Wildman–Crippen MR) is 104 cm³/mol. The SMILES string of the molecule is Cc1ccc(-c2csc(=S)n2CC(=O)N(C)CC(=O)NC(C)C)cc1. The van der Waals surface area contributed by atoms with Crippen LogP contribution >= 0.6 is 23.6 Å². The van der Waals surface area contributed by atoms with Crippen LogP contribution in [-0.2, 0) is 16.1 Å². The van der Waals surface area contributed by atoms with Gasteiger partial charge < -0.3 is 14.8 Å². The van der Waals surface area contributed by atoms with Crippen LogP contribution in [0.25, 0.3) is 11.3 Å². The van der Waals surface area contributed by atoms with E-state index in [1.165, 1.54) is 21.8 Å². The third kappa shape index (κ3) is 5.24. The number of hydrogen-bond acceptors (Lipinski definition) is 4. The molecule has 0 unspecified atom stereocenters. The molecule has 5 nitrogen and oxygen atoms in total. The number of amides is 2. The maximum absolute atomic E-state index is 12.5. The number of thiazole rings is 1. The van der Waals surface area contributed by atoms with E-state index in [4.69, 9.17) is 12.2 Å². The lowest BCUT2D eigenvalue weighted by atomic mass is 10.1. The maximum atomic E-state index is 12.5. The molecule has 134 valence electrons. The van der Waals surface area contributed by atoms with Gasteiger partial charge in [0, 0.05) is 18.5 Å². The first-order valence-corrected chi connectivity index (χ1v) is 9.35. The minimum atomic E-state index is -0.168. The smallest absolute Gasteiger partial charge is 0.242 e. The largest absolute Gasteiger partial charge is 0.352 e. The van der Waals surface area contributed by atoms with Crippen molar-refractivity contribution in [1.29, 1.82) is 0 Å². The van der Waals surface area contributed by atoms with Gasteiger partial charge in [-0.2, -0.15) is 0 Å². The summed E-state index contributed by atoms with van der Waals surface area (Å²) in [4.78, 5) is 25.8. The van der Waals surface area contributed by atoms with E-state index in [-0.39, 0.29) is 30.9 Å². The van der Waals surface area contributed by atoms with Gasteiger partial charge in [0.25, 0.3) is 0 Å². The maximum Gasteiger partial charge on any atom is 0.242 e. The summed E-state index contributed by atoms with van der Waals surface area (Å²) >= 11 is 6.81. The Labute approximate surface area is 157 Å². The molecule has 25 heavy (non-hydrogen) atoms. The molecule has 0 spiro atoms. The van der Waals surface area contributed by atoms with Gasteiger partial charge in [0.2, 0.25) is 11.8 Å². The Balaban J connectivity index is 2.13. The number of nitrogens with zero attached hydrogens (tertiary/aromatic N) is 2. The van der Waals surface area contributed by atoms with Crippen molar-refractivity contribution < 1.29 is 9.59 Å². The Kier molecular flexibility index (Phi) is 6.50. The molecule has 1 aromatic carbocycles. The number of hydrogen-bond donors (Lipinski definition) is 1. The highest BCUT2D eigenvalue weighted by Crippen LogP contribution is 2.24. The Morgan fingerprint density at radius 1 is 1.28 bits per heavy atom. The Morgan fingerprint density at radius 2 is 1.92 bits per heavy atom. The zero-order valence-corrected chi connectivity index (χ0v) is 16.5. The molecule has 0 aliphatic rings. The molecule has 1 aromatic heterocycles. The molecule has 0 saturated heterocycles. The lowest BCUT2D eigenvalue weighted by Gasteiger charge is -2.19. The van der Waals surface area contributed by atoms with E-state index in [1.54, 1.807) is 7.05 Å². The summed E-state index contributed by atoms with van der Waals surface area (Å²) in [7, 11) is 1.63. The summed E-state index contributed by atoms with van der Waals surface area (Å²) in [5.41, 5.74) is 3.12. The topological polar surface area (TPSA) is 54.3 Å². The normalized spacial score (nSPS) is 10.8. The lowest BCUT2D eigenvalue weighted by Crippen LogP contribution is -2.41. The van der Waals surface area contributed by atoms with Crippen LogP contribution < -0.4 is 5.32 Å². The molecule has 2 aromatic rings. The Hall–Kier alpha value is -1.99. The summed E-state index contributed by atoms with van der Waals surface area (Å²) < 4.78 is 2.47. The standard InChI is InChI=1S/C18H23N3O2S2/c1-12(2)19-16(22)9-20(4)17(23)10-21-15(11-25-18(21)24)14-7-5-13(3)6-8-14/h5-8,11-12H,9-10H2,1-4H3,(H,19,22). The fourth-order valence-electron chi connectivity index (χ4n) is 2.36. The van der Waals surface area contributed by atoms with E-state index in [1.807, 2.05) is 55.0 Å². The van der Waals surface area contributed by atoms with Crippen LogP contribution in [0, 0.1) is 10.9 Å². The molecule has 0 saturated carbocycles. The Bertz CT molecular complexity index is 806. The van der Waals surface area contributed by atoms with Crippen LogP contribution in [0.5, 0.6) is 0 Å². The van der Waals surface area contributed by atoms with E-state index in [0.717, 1.165) is 11.3 Å². The minimum Gasteiger partial charge on any atom is -0.352 e. The molecular weight excluding hydrogens is 354 g/mol. The monoisotopic (exact) mass is 377 g/mol. The van der Waals surface area contributed by atoms with E-state index in [0.29, 0.717) is 3.95 Å². The number of carbonyl (C=O) groups is 2. The predicted octanol–water partition coefficient (Wildman–Crippen LogP) is 3.24. The highest BCUT2D eigenvalue weighted by Gasteiger charge is 2.16. The molecule has 0 radical (unpaired) electrons. The van der Waals surface area contributed by atoms with Crippen LogP contribution in [-0.4, -0.2) is 40.9 Å². The number of nitrogens with one attached hydrogen (secondary N) is 1. The second-order valence-corrected chi connectivity index (χ2v) is 7.81. The van der Waals surface area contributed by atoms with Gasteiger partial charge in [0.15, 0.2) is 3.95 Å². The quantitative estimate of drug-likeness (QED) is 0.787. The highest BCUT2D eigenvalue weighted by atomic mass is 32.1. The second-order valence-electron chi connectivity index (χ2n) is 6.31. The number of aryl methyl sites for hydroxylation is 1. The molecule has 0 aliphatic heterocycles. The molecule has 0 bridgehead atoms. The van der Waals surface area contributed by atoms with Crippen LogP contribution in [0.15, 0.2) is 29.6 Å². The van der Waals surface area contributed by atoms with Crippen LogP contribution in [0.1, 0.15) is 19.4 Å². The number of benzene rings is 1. The van der Waals surface area contributed by atoms with Crippen molar-refractivity contribution in [3.05, 3.63) is 39.2 Å². The average molecular weight is 378 g/mol. The highest BCUT2D eigenvalue weighted by molar-refractivity contribution is 7.73. The number of rotatable bonds is 6. The second kappa shape index (κ2) is 8.40. The summed E-state index contributed by atoms with van der Waals surface area (Å²) in [6.07, 6.45) is 0. The molecule has 7 heteroatoms. The average Bonchev–Trinajstić information content (AvgIpc) is 2.88. The fraction of sp³-hybridized carbons (Fsp3) is 0.389. The van der Waals surface area contributed by atoms with Crippen LogP contribution in [0.4, 0.5) is 0 Å². The van der Waals surface area contributed by atoms with Crippen molar-refractivity contribution in [3.8, 4) is 11.3 Å². The summed E-state index contributed by atoms with van der Waals surface area (Å²) in [5, 5.41) is 4.75. The number of carbonyl (C=O) groups excluding carboxylic acids is 2. The molecule has 1 N–H and O–H groups in total. The molecule has 0 atom stereocenters. The van der Waals surface area contributed by atoms with Crippen molar-refractivity contribution in [3.63, 3.8) is 0 Å². The molecule has 1 heterocycles. The fourth-order valence-corrected chi connectivity index (χ4v) is 3.43. The summed E-state index contributed by atoms with van der Waals surface area (Å²) in [6, 6.07) is 8.16. The molecule has 0 aliphatic carbocycles. The van der Waals surface area contributed by atoms with E-state index >= 15 is 0 Å². The first-order chi connectivity index (χ1) is 11.8. The van der Waals surface area contributed by atoms with Gasteiger partial charge in [-0.3, -0.25) is 9.59 Å². The van der Waals surface area contributed by atoms with Gasteiger partial charge in [-0.1, -0.05) is 29.8 Å². The summed E-state index contributed by atoms with van der Waals surface area (Å²) in [5.74, 6) is -0.319. The van der Waals surface area contributed by atoms with Gasteiger partial charge in [-0.25, -0.2) is 0 Å². The third-order valence-electron chi connectivity index (χ3n) is 3.68.